The zero-order valence-corrected chi connectivity index (χ0v) is 22.0. The molecule has 7 nitrogen and oxygen atoms in total. The van der Waals surface area contributed by atoms with E-state index < -0.39 is 40.3 Å². The van der Waals surface area contributed by atoms with Gasteiger partial charge in [0.15, 0.2) is 10.5 Å². The summed E-state index contributed by atoms with van der Waals surface area (Å²) in [6, 6.07) is 1.96. The molecule has 1 saturated carbocycles. The Hall–Kier alpha value is -2.19. The highest BCUT2D eigenvalue weighted by Crippen LogP contribution is 2.72. The maximum Gasteiger partial charge on any atom is 0.316 e. The molecule has 2 saturated heterocycles. The largest absolute Gasteiger partial charge is 0.469 e. The molecule has 2 aliphatic heterocycles. The van der Waals surface area contributed by atoms with E-state index in [9.17, 15) is 14.4 Å². The van der Waals surface area contributed by atoms with E-state index in [0.717, 1.165) is 23.1 Å². The Morgan fingerprint density at radius 1 is 1.23 bits per heavy atom. The molecule has 0 amide bonds. The second-order valence-corrected chi connectivity index (χ2v) is 12.0. The number of carbonyl (C=O) groups excluding carboxylic acids is 3. The highest BCUT2D eigenvalue weighted by Gasteiger charge is 2.77. The first-order chi connectivity index (χ1) is 16.5. The number of furan rings is 1. The van der Waals surface area contributed by atoms with Crippen LogP contribution in [0.4, 0.5) is 0 Å². The Morgan fingerprint density at radius 2 is 1.97 bits per heavy atom. The SMILES string of the molecule is COC(=O)C[C@H]1[C@]2(C)C3=C(C)[C@H](c4ccoc4Br)C[C@H]3O[C@@H]2[C@@H]2OC(=O)[C@]3(C)C=CC(=O)[C@@]1(C)[C@@H]23. The summed E-state index contributed by atoms with van der Waals surface area (Å²) >= 11 is 3.52. The number of ether oxygens (including phenoxy) is 3. The molecule has 3 heterocycles. The molecule has 0 radical (unpaired) electrons. The minimum Gasteiger partial charge on any atom is -0.469 e. The van der Waals surface area contributed by atoms with E-state index in [4.69, 9.17) is 18.6 Å². The summed E-state index contributed by atoms with van der Waals surface area (Å²) in [5.41, 5.74) is 0.674. The Bertz CT molecular complexity index is 1230. The number of methoxy groups -OCH3 is 1. The van der Waals surface area contributed by atoms with Gasteiger partial charge in [-0.2, -0.15) is 0 Å². The second kappa shape index (κ2) is 7.19. The molecule has 3 fully saturated rings. The molecular formula is C27H29BrO7. The number of halogens is 1. The molecular weight excluding hydrogens is 516 g/mol. The lowest BCUT2D eigenvalue weighted by atomic mass is 9.42. The average Bonchev–Trinajstić information content (AvgIpc) is 3.52. The van der Waals surface area contributed by atoms with Crippen molar-refractivity contribution in [1.29, 1.82) is 0 Å². The number of fused-ring (bicyclic) bond motifs is 4. The van der Waals surface area contributed by atoms with Crippen LogP contribution in [0.3, 0.4) is 0 Å². The molecule has 5 aliphatic rings. The van der Waals surface area contributed by atoms with Crippen LogP contribution in [0, 0.1) is 28.1 Å². The molecule has 0 aromatic carbocycles. The second-order valence-electron chi connectivity index (χ2n) is 11.3. The number of carbonyl (C=O) groups is 3. The van der Waals surface area contributed by atoms with E-state index in [0.29, 0.717) is 4.67 Å². The van der Waals surface area contributed by atoms with E-state index in [1.807, 2.05) is 19.9 Å². The summed E-state index contributed by atoms with van der Waals surface area (Å²) < 4.78 is 24.1. The molecule has 1 aromatic rings. The maximum absolute atomic E-state index is 13.7. The van der Waals surface area contributed by atoms with Crippen molar-refractivity contribution in [1.82, 2.24) is 0 Å². The van der Waals surface area contributed by atoms with Gasteiger partial charge in [-0.05, 0) is 59.8 Å². The summed E-state index contributed by atoms with van der Waals surface area (Å²) in [5, 5.41) is 0. The highest BCUT2D eigenvalue weighted by atomic mass is 79.9. The average molecular weight is 545 g/mol. The van der Waals surface area contributed by atoms with Gasteiger partial charge in [0.05, 0.1) is 31.3 Å². The van der Waals surface area contributed by atoms with E-state index in [1.54, 1.807) is 12.3 Å². The van der Waals surface area contributed by atoms with Crippen LogP contribution in [0.5, 0.6) is 0 Å². The Labute approximate surface area is 212 Å². The van der Waals surface area contributed by atoms with Crippen LogP contribution in [-0.2, 0) is 28.6 Å². The van der Waals surface area contributed by atoms with E-state index in [-0.39, 0.29) is 36.2 Å². The number of rotatable bonds is 3. The minimum absolute atomic E-state index is 0.0556. The van der Waals surface area contributed by atoms with Gasteiger partial charge in [-0.25, -0.2) is 0 Å². The van der Waals surface area contributed by atoms with Crippen molar-refractivity contribution in [2.75, 3.05) is 7.11 Å². The monoisotopic (exact) mass is 544 g/mol. The van der Waals surface area contributed by atoms with Crippen molar-refractivity contribution in [2.45, 2.75) is 64.8 Å². The molecule has 0 bridgehead atoms. The quantitative estimate of drug-likeness (QED) is 0.408. The number of allylic oxidation sites excluding steroid dienone is 2. The lowest BCUT2D eigenvalue weighted by Gasteiger charge is -2.59. The van der Waals surface area contributed by atoms with Gasteiger partial charge in [-0.1, -0.05) is 25.5 Å². The minimum atomic E-state index is -1.00. The number of hydrogen-bond donors (Lipinski definition) is 0. The smallest absolute Gasteiger partial charge is 0.316 e. The molecule has 1 aromatic heterocycles. The van der Waals surface area contributed by atoms with Crippen molar-refractivity contribution in [3.8, 4) is 0 Å². The van der Waals surface area contributed by atoms with Crippen molar-refractivity contribution < 1.29 is 33.0 Å². The maximum atomic E-state index is 13.7. The van der Waals surface area contributed by atoms with Crippen LogP contribution in [0.15, 0.2) is 44.7 Å². The fourth-order valence-corrected chi connectivity index (χ4v) is 8.98. The third-order valence-electron chi connectivity index (χ3n) is 9.98. The first kappa shape index (κ1) is 23.2. The van der Waals surface area contributed by atoms with Crippen LogP contribution >= 0.6 is 15.9 Å². The van der Waals surface area contributed by atoms with Crippen LogP contribution in [0.1, 0.15) is 52.0 Å². The molecule has 6 rings (SSSR count). The van der Waals surface area contributed by atoms with Gasteiger partial charge >= 0.3 is 11.9 Å². The summed E-state index contributed by atoms with van der Waals surface area (Å²) in [5.74, 6) is -1.56. The van der Waals surface area contributed by atoms with Gasteiger partial charge in [0.25, 0.3) is 0 Å². The third kappa shape index (κ3) is 2.62. The third-order valence-corrected chi connectivity index (χ3v) is 10.6. The van der Waals surface area contributed by atoms with Crippen LogP contribution in [-0.4, -0.2) is 43.1 Å². The Balaban J connectivity index is 1.57. The standard InChI is InChI=1S/C27H29BrO7/c1-12-14(13-7-9-33-23(13)28)10-15-19(12)27(4)16(11-18(30)32-5)26(3)17(29)6-8-25(2)21(26)20(22(27)34-15)35-24(25)31/h6-9,14-16,20-22H,10-11H2,1-5H3/t14-,15-,16-,20-,21+,22-,25-,26+,27-/m1/s1. The van der Waals surface area contributed by atoms with Gasteiger partial charge in [-0.3, -0.25) is 14.4 Å². The Kier molecular flexibility index (Phi) is 4.77. The summed E-state index contributed by atoms with van der Waals surface area (Å²) in [6.07, 6.45) is 4.42. The zero-order valence-electron chi connectivity index (χ0n) is 20.4. The fraction of sp³-hybridized carbons (Fsp3) is 0.593. The van der Waals surface area contributed by atoms with Crippen molar-refractivity contribution in [3.05, 3.63) is 45.9 Å². The van der Waals surface area contributed by atoms with E-state index >= 15 is 0 Å². The summed E-state index contributed by atoms with van der Waals surface area (Å²) in [7, 11) is 1.37. The molecule has 0 unspecified atom stereocenters. The van der Waals surface area contributed by atoms with E-state index in [2.05, 4.69) is 29.8 Å². The van der Waals surface area contributed by atoms with Gasteiger partial charge in [-0.15, -0.1) is 0 Å². The van der Waals surface area contributed by atoms with Gasteiger partial charge in [0.1, 0.15) is 12.2 Å². The van der Waals surface area contributed by atoms with Crippen LogP contribution in [0.2, 0.25) is 0 Å². The van der Waals surface area contributed by atoms with Crippen LogP contribution in [0.25, 0.3) is 0 Å². The Morgan fingerprint density at radius 3 is 2.63 bits per heavy atom. The lowest BCUT2D eigenvalue weighted by molar-refractivity contribution is -0.190. The predicted octanol–water partition coefficient (Wildman–Crippen LogP) is 4.51. The molecule has 9 atom stereocenters. The number of esters is 2. The van der Waals surface area contributed by atoms with Gasteiger partial charge < -0.3 is 18.6 Å². The molecule has 35 heavy (non-hydrogen) atoms. The fourth-order valence-electron chi connectivity index (χ4n) is 8.46. The first-order valence-electron chi connectivity index (χ1n) is 12.1. The van der Waals surface area contributed by atoms with Crippen LogP contribution < -0.4 is 0 Å². The van der Waals surface area contributed by atoms with Crippen molar-refractivity contribution >= 4 is 33.7 Å². The lowest BCUT2D eigenvalue weighted by Crippen LogP contribution is -2.66. The van der Waals surface area contributed by atoms with Gasteiger partial charge in [0.2, 0.25) is 0 Å². The highest BCUT2D eigenvalue weighted by molar-refractivity contribution is 9.10. The molecule has 0 N–H and O–H groups in total. The van der Waals surface area contributed by atoms with Gasteiger partial charge in [0, 0.05) is 28.2 Å². The first-order valence-corrected chi connectivity index (χ1v) is 12.9. The number of ketones is 1. The molecule has 3 aliphatic carbocycles. The zero-order chi connectivity index (χ0) is 25.1. The summed E-state index contributed by atoms with van der Waals surface area (Å²) in [4.78, 5) is 39.7. The van der Waals surface area contributed by atoms with Crippen molar-refractivity contribution in [3.63, 3.8) is 0 Å². The molecule has 8 heteroatoms. The molecule has 186 valence electrons. The van der Waals surface area contributed by atoms with E-state index in [1.165, 1.54) is 13.2 Å². The topological polar surface area (TPSA) is 92.0 Å². The number of hydrogen-bond acceptors (Lipinski definition) is 7. The predicted molar refractivity (Wildman–Crippen MR) is 127 cm³/mol. The molecule has 0 spiro atoms. The van der Waals surface area contributed by atoms with Crippen molar-refractivity contribution in [2.24, 2.45) is 28.1 Å². The summed E-state index contributed by atoms with van der Waals surface area (Å²) in [6.45, 7) is 7.95. The normalized spacial score (nSPS) is 45.3.